The predicted molar refractivity (Wildman–Crippen MR) is 120 cm³/mol. The number of likely N-dealkylation sites (tertiary alicyclic amines) is 1. The van der Waals surface area contributed by atoms with Crippen LogP contribution in [0.1, 0.15) is 22.5 Å². The Labute approximate surface area is 182 Å². The Kier molecular flexibility index (Phi) is 8.78. The smallest absolute Gasteiger partial charge is 0.291 e. The molecule has 8 heteroatoms. The van der Waals surface area contributed by atoms with Crippen molar-refractivity contribution in [3.8, 4) is 0 Å². The molecule has 152 valence electrons. The molecule has 1 amide bonds. The first-order chi connectivity index (χ1) is 13.2. The summed E-state index contributed by atoms with van der Waals surface area (Å²) >= 11 is 0. The molecule has 1 atom stereocenters. The second-order valence-corrected chi connectivity index (χ2v) is 6.59. The third kappa shape index (κ3) is 5.96. The molecule has 0 aliphatic carbocycles. The van der Waals surface area contributed by atoms with E-state index in [1.54, 1.807) is 26.3 Å². The molecule has 1 aromatic heterocycles. The van der Waals surface area contributed by atoms with Gasteiger partial charge in [0.15, 0.2) is 11.7 Å². The first kappa shape index (κ1) is 22.2. The van der Waals surface area contributed by atoms with Crippen LogP contribution in [0.2, 0.25) is 0 Å². The van der Waals surface area contributed by atoms with Gasteiger partial charge in [-0.2, -0.15) is 0 Å². The van der Waals surface area contributed by atoms with E-state index in [-0.39, 0.29) is 29.9 Å². The minimum atomic E-state index is -0.262. The summed E-state index contributed by atoms with van der Waals surface area (Å²) < 4.78 is 10.4. The molecule has 1 unspecified atom stereocenters. The molecule has 28 heavy (non-hydrogen) atoms. The summed E-state index contributed by atoms with van der Waals surface area (Å²) in [6.07, 6.45) is 2.60. The van der Waals surface area contributed by atoms with Crippen LogP contribution in [0.5, 0.6) is 0 Å². The first-order valence-electron chi connectivity index (χ1n) is 9.08. The second-order valence-electron chi connectivity index (χ2n) is 6.59. The molecule has 1 fully saturated rings. The monoisotopic (exact) mass is 498 g/mol. The van der Waals surface area contributed by atoms with Gasteiger partial charge in [0.05, 0.1) is 12.9 Å². The van der Waals surface area contributed by atoms with Crippen LogP contribution in [0.15, 0.2) is 52.1 Å². The number of hydrogen-bond acceptors (Lipinski definition) is 4. The number of hydrogen-bond donors (Lipinski definition) is 2. The fourth-order valence-electron chi connectivity index (χ4n) is 3.27. The van der Waals surface area contributed by atoms with Gasteiger partial charge in [-0.05, 0) is 36.2 Å². The van der Waals surface area contributed by atoms with Crippen LogP contribution < -0.4 is 10.6 Å². The maximum Gasteiger partial charge on any atom is 0.291 e. The molecule has 1 saturated heterocycles. The first-order valence-corrected chi connectivity index (χ1v) is 9.08. The number of benzene rings is 1. The van der Waals surface area contributed by atoms with Gasteiger partial charge in [0.1, 0.15) is 0 Å². The van der Waals surface area contributed by atoms with E-state index >= 15 is 0 Å². The Bertz CT molecular complexity index is 780. The van der Waals surface area contributed by atoms with Crippen molar-refractivity contribution in [2.24, 2.45) is 10.9 Å². The Balaban J connectivity index is 0.00000280. The van der Waals surface area contributed by atoms with E-state index in [0.29, 0.717) is 18.2 Å². The number of rotatable bonds is 6. The average Bonchev–Trinajstić information content (AvgIpc) is 3.35. The lowest BCUT2D eigenvalue weighted by Crippen LogP contribution is -2.39. The van der Waals surface area contributed by atoms with E-state index < -0.39 is 0 Å². The summed E-state index contributed by atoms with van der Waals surface area (Å²) in [6, 6.07) is 11.1. The summed E-state index contributed by atoms with van der Waals surface area (Å²) in [7, 11) is 3.54. The fourth-order valence-corrected chi connectivity index (χ4v) is 3.27. The van der Waals surface area contributed by atoms with E-state index in [2.05, 4.69) is 20.5 Å². The summed E-state index contributed by atoms with van der Waals surface area (Å²) in [6.45, 7) is 3.34. The number of furan rings is 1. The van der Waals surface area contributed by atoms with Crippen LogP contribution in [0.25, 0.3) is 0 Å². The molecule has 2 aromatic rings. The molecule has 2 N–H and O–H groups in total. The fraction of sp³-hybridized carbons (Fsp3) is 0.400. The lowest BCUT2D eigenvalue weighted by Gasteiger charge is -2.21. The van der Waals surface area contributed by atoms with Gasteiger partial charge >= 0.3 is 0 Å². The summed E-state index contributed by atoms with van der Waals surface area (Å²) in [5.74, 6) is 1.47. The van der Waals surface area contributed by atoms with E-state index in [9.17, 15) is 4.79 Å². The molecule has 1 aliphatic heterocycles. The molecule has 1 aromatic carbocycles. The minimum Gasteiger partial charge on any atom is -0.459 e. The molecule has 0 radical (unpaired) electrons. The number of nitrogens with one attached hydrogen (secondary N) is 2. The summed E-state index contributed by atoms with van der Waals surface area (Å²) in [4.78, 5) is 18.7. The van der Waals surface area contributed by atoms with Gasteiger partial charge in [-0.25, -0.2) is 0 Å². The topological polar surface area (TPSA) is 79.1 Å². The third-order valence-electron chi connectivity index (χ3n) is 4.58. The van der Waals surface area contributed by atoms with Crippen LogP contribution in [-0.4, -0.2) is 50.6 Å². The number of aliphatic imine (C=N–C) groups is 1. The molecule has 0 saturated carbocycles. The molecule has 0 spiro atoms. The van der Waals surface area contributed by atoms with Crippen LogP contribution in [0, 0.1) is 5.92 Å². The number of nitrogens with zero attached hydrogens (tertiary/aromatic N) is 2. The normalized spacial score (nSPS) is 16.6. The molecule has 1 aliphatic rings. The molecular formula is C20H27IN4O3. The average molecular weight is 498 g/mol. The van der Waals surface area contributed by atoms with Crippen molar-refractivity contribution < 1.29 is 13.9 Å². The van der Waals surface area contributed by atoms with Gasteiger partial charge in [0, 0.05) is 45.4 Å². The molecule has 3 rings (SSSR count). The van der Waals surface area contributed by atoms with Crippen LogP contribution in [0.3, 0.4) is 0 Å². The Hall–Kier alpha value is -2.07. The lowest BCUT2D eigenvalue weighted by molar-refractivity contribution is 0.0996. The Morgan fingerprint density at radius 1 is 1.36 bits per heavy atom. The molecule has 2 heterocycles. The van der Waals surface area contributed by atoms with Crippen LogP contribution in [-0.2, 0) is 11.3 Å². The van der Waals surface area contributed by atoms with Crippen molar-refractivity contribution in [3.05, 3.63) is 54.0 Å². The SMILES string of the molecule is CN=C(NCc1cccc(NC(=O)c2ccco2)c1)N1CCC(COC)C1.I. The van der Waals surface area contributed by atoms with Crippen molar-refractivity contribution in [1.82, 2.24) is 10.2 Å². The number of amides is 1. The number of carbonyl (C=O) groups is 1. The quantitative estimate of drug-likeness (QED) is 0.364. The standard InChI is InChI=1S/C20H26N4O3.HI/c1-21-20(24-9-8-16(13-24)14-26-2)22-12-15-5-3-6-17(11-15)23-19(25)18-7-4-10-27-18;/h3-7,10-11,16H,8-9,12-14H2,1-2H3,(H,21,22)(H,23,25);1H. The highest BCUT2D eigenvalue weighted by molar-refractivity contribution is 14.0. The zero-order valence-corrected chi connectivity index (χ0v) is 18.5. The van der Waals surface area contributed by atoms with Gasteiger partial charge in [-0.15, -0.1) is 24.0 Å². The van der Waals surface area contributed by atoms with Gasteiger partial charge in [0.2, 0.25) is 0 Å². The maximum absolute atomic E-state index is 12.1. The maximum atomic E-state index is 12.1. The highest BCUT2D eigenvalue weighted by Crippen LogP contribution is 2.17. The van der Waals surface area contributed by atoms with Gasteiger partial charge < -0.3 is 24.7 Å². The van der Waals surface area contributed by atoms with Gasteiger partial charge in [-0.3, -0.25) is 9.79 Å². The number of carbonyl (C=O) groups excluding carboxylic acids is 1. The highest BCUT2D eigenvalue weighted by atomic mass is 127. The lowest BCUT2D eigenvalue weighted by atomic mass is 10.1. The predicted octanol–water partition coefficient (Wildman–Crippen LogP) is 3.19. The van der Waals surface area contributed by atoms with E-state index in [1.807, 2.05) is 24.3 Å². The second kappa shape index (κ2) is 11.1. The van der Waals surface area contributed by atoms with Crippen molar-refractivity contribution in [3.63, 3.8) is 0 Å². The number of methoxy groups -OCH3 is 1. The molecular weight excluding hydrogens is 471 g/mol. The highest BCUT2D eigenvalue weighted by Gasteiger charge is 2.24. The number of anilines is 1. The Morgan fingerprint density at radius 3 is 2.93 bits per heavy atom. The number of ether oxygens (including phenoxy) is 1. The van der Waals surface area contributed by atoms with Crippen LogP contribution in [0.4, 0.5) is 5.69 Å². The Morgan fingerprint density at radius 2 is 2.21 bits per heavy atom. The third-order valence-corrected chi connectivity index (χ3v) is 4.58. The van der Waals surface area contributed by atoms with Crippen molar-refractivity contribution in [2.75, 3.05) is 39.2 Å². The summed E-state index contributed by atoms with van der Waals surface area (Å²) in [5.41, 5.74) is 1.79. The number of guanidine groups is 1. The zero-order valence-electron chi connectivity index (χ0n) is 16.2. The molecule has 0 bridgehead atoms. The van der Waals surface area contributed by atoms with Gasteiger partial charge in [0.25, 0.3) is 5.91 Å². The van der Waals surface area contributed by atoms with E-state index in [4.69, 9.17) is 9.15 Å². The van der Waals surface area contributed by atoms with Crippen molar-refractivity contribution in [1.29, 1.82) is 0 Å². The van der Waals surface area contributed by atoms with Crippen molar-refractivity contribution >= 4 is 41.5 Å². The van der Waals surface area contributed by atoms with Crippen LogP contribution >= 0.6 is 24.0 Å². The number of halogens is 1. The minimum absolute atomic E-state index is 0. The summed E-state index contributed by atoms with van der Waals surface area (Å²) in [5, 5.41) is 6.25. The largest absolute Gasteiger partial charge is 0.459 e. The van der Waals surface area contributed by atoms with Gasteiger partial charge in [-0.1, -0.05) is 12.1 Å². The van der Waals surface area contributed by atoms with E-state index in [1.165, 1.54) is 6.26 Å². The zero-order chi connectivity index (χ0) is 19.1. The van der Waals surface area contributed by atoms with Crippen molar-refractivity contribution in [2.45, 2.75) is 13.0 Å². The molecule has 7 nitrogen and oxygen atoms in total. The van der Waals surface area contributed by atoms with E-state index in [0.717, 1.165) is 43.3 Å².